The summed E-state index contributed by atoms with van der Waals surface area (Å²) in [5.74, 6) is 0. The van der Waals surface area contributed by atoms with Crippen LogP contribution in [0, 0.1) is 10.8 Å². The molecule has 0 bridgehead atoms. The summed E-state index contributed by atoms with van der Waals surface area (Å²) in [6, 6.07) is 6.94. The van der Waals surface area contributed by atoms with Crippen molar-refractivity contribution in [1.29, 1.82) is 0 Å². The van der Waals surface area contributed by atoms with Crippen LogP contribution in [0.4, 0.5) is 0 Å². The molecule has 41 atom stereocenters. The van der Waals surface area contributed by atoms with E-state index in [4.69, 9.17) is 75.8 Å². The lowest BCUT2D eigenvalue weighted by Crippen LogP contribution is -2.65. The summed E-state index contributed by atoms with van der Waals surface area (Å²) in [6.45, 7) is -5.19. The van der Waals surface area contributed by atoms with Gasteiger partial charge in [-0.3, -0.25) is 0 Å². The maximum absolute atomic E-state index is 12.1. The topological polar surface area (TPSA) is 714 Å². The van der Waals surface area contributed by atoms with Gasteiger partial charge in [0.2, 0.25) is 0 Å². The van der Waals surface area contributed by atoms with E-state index in [-0.39, 0.29) is 25.7 Å². The third-order valence-corrected chi connectivity index (χ3v) is 25.8. The van der Waals surface area contributed by atoms with Gasteiger partial charge in [0, 0.05) is 10.8 Å². The maximum Gasteiger partial charge on any atom is 0.187 e. The van der Waals surface area contributed by atoms with Gasteiger partial charge in [-0.1, -0.05) is 154 Å². The molecule has 0 amide bonds. The van der Waals surface area contributed by atoms with Crippen LogP contribution in [0.1, 0.15) is 153 Å². The van der Waals surface area contributed by atoms with E-state index in [9.17, 15) is 143 Å². The Morgan fingerprint density at radius 3 is 0.641 bits per heavy atom. The minimum atomic E-state index is -2.08. The van der Waals surface area contributed by atoms with Crippen LogP contribution in [0.3, 0.4) is 0 Å². The van der Waals surface area contributed by atoms with E-state index >= 15 is 0 Å². The van der Waals surface area contributed by atoms with Crippen molar-refractivity contribution in [3.8, 4) is 0 Å². The third kappa shape index (κ3) is 27.9. The SMILES string of the molecule is CCCCCCCCCCCC(CO[C@@H]1OC(CO)[C@@H](O[C@H]2OC(CO)[C@@H](O)[C@H](O)C2O)[C@H](O)C1O)(CO[C@@H]1OC(CO)[C@@H](O[C@H]2OC(CO)[C@@H](O)[C@H](O)C2O)[C@H](O)C1O)Cc1cccc(CC(CCCCCCCCCCC)(CO[C@@H]2OC(CO)[C@@H](O[C@H]3OC(CO)[C@@H](O)[C@H](O)C3O)[C@H](O)C2O)CO[C@@H]2OC(CO)[C@@H](O[C@@H]3OC(CO)[C@@H](O)[C@H](O)C3O)[C@H](O)C2O)c1. The second-order valence-electron chi connectivity index (χ2n) is 35.6. The Balaban J connectivity index is 1.10. The lowest BCUT2D eigenvalue weighted by Gasteiger charge is -2.47. The summed E-state index contributed by atoms with van der Waals surface area (Å²) in [5.41, 5.74) is -1.97. The number of rotatable bonds is 52. The quantitative estimate of drug-likeness (QED) is 0.0269. The van der Waals surface area contributed by atoms with E-state index in [0.717, 1.165) is 89.9 Å². The van der Waals surface area contributed by atoms with Crippen molar-refractivity contribution < 1.29 is 219 Å². The van der Waals surface area contributed by atoms with Gasteiger partial charge in [-0.05, 0) is 36.8 Å². The van der Waals surface area contributed by atoms with Crippen LogP contribution in [0.5, 0.6) is 0 Å². The van der Waals surface area contributed by atoms with Crippen LogP contribution >= 0.6 is 0 Å². The van der Waals surface area contributed by atoms with Crippen LogP contribution in [-0.4, -0.2) is 468 Å². The molecule has 0 radical (unpaired) electrons. The van der Waals surface area contributed by atoms with Gasteiger partial charge in [0.1, 0.15) is 195 Å². The van der Waals surface area contributed by atoms with Gasteiger partial charge in [0.25, 0.3) is 0 Å². The Labute approximate surface area is 742 Å². The zero-order chi connectivity index (χ0) is 93.4. The molecule has 9 rings (SSSR count). The fraction of sp³-hybridized carbons (Fsp3) is 0.929. The van der Waals surface area contributed by atoms with Gasteiger partial charge >= 0.3 is 0 Å². The summed E-state index contributed by atoms with van der Waals surface area (Å²) in [4.78, 5) is 0. The molecule has 44 nitrogen and oxygen atoms in total. The highest BCUT2D eigenvalue weighted by atomic mass is 16.8. The zero-order valence-corrected chi connectivity index (χ0v) is 72.5. The molecule has 8 aliphatic heterocycles. The molecule has 0 aromatic heterocycles. The van der Waals surface area contributed by atoms with Gasteiger partial charge in [-0.15, -0.1) is 0 Å². The van der Waals surface area contributed by atoms with Gasteiger partial charge in [-0.25, -0.2) is 0 Å². The molecule has 8 saturated heterocycles. The molecule has 0 spiro atoms. The molecule has 0 saturated carbocycles. The predicted octanol–water partition coefficient (Wildman–Crippen LogP) is -8.85. The van der Waals surface area contributed by atoms with Crippen LogP contribution in [0.15, 0.2) is 24.3 Å². The number of ether oxygens (including phenoxy) is 16. The number of hydrogen-bond donors (Lipinski definition) is 28. The number of aliphatic hydroxyl groups is 28. The predicted molar refractivity (Wildman–Crippen MR) is 432 cm³/mol. The molecule has 28 N–H and O–H groups in total. The number of hydrogen-bond acceptors (Lipinski definition) is 44. The molecule has 1 aromatic rings. The molecule has 8 heterocycles. The normalized spacial score (nSPS) is 41.9. The third-order valence-electron chi connectivity index (χ3n) is 25.8. The molecule has 128 heavy (non-hydrogen) atoms. The highest BCUT2D eigenvalue weighted by Crippen LogP contribution is 2.42. The molecular weight excluding hydrogens is 1710 g/mol. The molecule has 746 valence electrons. The van der Waals surface area contributed by atoms with E-state index in [1.165, 1.54) is 0 Å². The van der Waals surface area contributed by atoms with Gasteiger partial charge in [-0.2, -0.15) is 0 Å². The van der Waals surface area contributed by atoms with E-state index < -0.39 is 336 Å². The number of aliphatic hydroxyl groups excluding tert-OH is 28. The van der Waals surface area contributed by atoms with Gasteiger partial charge in [0.05, 0.1) is 79.3 Å². The van der Waals surface area contributed by atoms with Crippen molar-refractivity contribution in [1.82, 2.24) is 0 Å². The largest absolute Gasteiger partial charge is 0.394 e. The van der Waals surface area contributed by atoms with Gasteiger partial charge in [0.15, 0.2) is 50.3 Å². The smallest absolute Gasteiger partial charge is 0.187 e. The highest BCUT2D eigenvalue weighted by Gasteiger charge is 2.58. The van der Waals surface area contributed by atoms with E-state index in [1.54, 1.807) is 24.3 Å². The first-order valence-electron chi connectivity index (χ1n) is 45.2. The standard InChI is InChI=1S/C84H146O44/c1-3-5-7-9-11-13-15-17-19-24-83(37-113-75-67(109)59(101)71(47(33-89)121-75)125-79-63(105)55(97)51(93)43(29-85)117-79,38-114-76-68(110)60(102)72(48(34-90)122-76)126-80-64(106)56(98)52(94)44(30-86)118-80)27-41-22-21-23-42(26-41)28-84(25-20-18-16-14-12-10-8-6-4-2,39-115-77-69(111)61(103)73(49(35-91)123-77)127-81-65(107)57(99)53(95)45(31-87)119-81)40-116-78-70(112)62(104)74(50(36-92)124-78)128-82-66(108)58(100)54(96)46(32-88)120-82/h21-23,26,43-82,85-112H,3-20,24-25,27-40H2,1-2H3/t43?,44?,45?,46?,47?,48?,49?,50?,51-,52-,53-,54-,55+,56+,57+,58+,59-,60-,61-,62-,63?,64?,65?,66?,67?,68?,69?,70?,71-,72-,73-,74-,75-,76-,77-,78-,79-,80-,81-,82+,83?,84?/m1/s1. The maximum atomic E-state index is 12.1. The lowest BCUT2D eigenvalue weighted by molar-refractivity contribution is -0.365. The summed E-state index contributed by atoms with van der Waals surface area (Å²) in [6.07, 6.45) is -58.9. The molecular formula is C84H146O44. The van der Waals surface area contributed by atoms with Crippen LogP contribution < -0.4 is 0 Å². The lowest BCUT2D eigenvalue weighted by atomic mass is 9.76. The summed E-state index contributed by atoms with van der Waals surface area (Å²) >= 11 is 0. The molecule has 8 fully saturated rings. The molecule has 44 heteroatoms. The van der Waals surface area contributed by atoms with Crippen molar-refractivity contribution >= 4 is 0 Å². The molecule has 0 aliphatic carbocycles. The summed E-state index contributed by atoms with van der Waals surface area (Å²) in [5, 5.41) is 309. The van der Waals surface area contributed by atoms with E-state index in [2.05, 4.69) is 13.8 Å². The van der Waals surface area contributed by atoms with Crippen LogP contribution in [0.25, 0.3) is 0 Å². The Hall–Kier alpha value is -2.54. The molecule has 8 aliphatic rings. The van der Waals surface area contributed by atoms with Crippen LogP contribution in [-0.2, 0) is 88.6 Å². The fourth-order valence-electron chi connectivity index (χ4n) is 17.9. The Morgan fingerprint density at radius 1 is 0.234 bits per heavy atom. The molecule has 1 aromatic carbocycles. The van der Waals surface area contributed by atoms with Crippen molar-refractivity contribution in [2.75, 3.05) is 79.3 Å². The minimum Gasteiger partial charge on any atom is -0.394 e. The average molecular weight is 1860 g/mol. The molecule has 17 unspecified atom stereocenters. The first-order chi connectivity index (χ1) is 61.3. The summed E-state index contributed by atoms with van der Waals surface area (Å²) < 4.78 is 96.8. The Kier molecular flexibility index (Phi) is 45.1. The number of unbranched alkanes of at least 4 members (excludes halogenated alkanes) is 16. The average Bonchev–Trinajstić information content (AvgIpc) is 0.790. The second kappa shape index (κ2) is 52.9. The highest BCUT2D eigenvalue weighted by molar-refractivity contribution is 5.26. The zero-order valence-electron chi connectivity index (χ0n) is 72.5. The minimum absolute atomic E-state index is 0.116. The first-order valence-corrected chi connectivity index (χ1v) is 45.2. The van der Waals surface area contributed by atoms with Crippen molar-refractivity contribution in [2.24, 2.45) is 10.8 Å². The summed E-state index contributed by atoms with van der Waals surface area (Å²) in [7, 11) is 0. The van der Waals surface area contributed by atoms with Gasteiger partial charge < -0.3 is 219 Å². The van der Waals surface area contributed by atoms with E-state index in [1.807, 2.05) is 0 Å². The van der Waals surface area contributed by atoms with Crippen molar-refractivity contribution in [3.63, 3.8) is 0 Å². The fourth-order valence-corrected chi connectivity index (χ4v) is 17.9. The monoisotopic (exact) mass is 1860 g/mol. The number of benzene rings is 1. The van der Waals surface area contributed by atoms with Crippen molar-refractivity contribution in [3.05, 3.63) is 35.4 Å². The van der Waals surface area contributed by atoms with E-state index in [0.29, 0.717) is 36.8 Å². The van der Waals surface area contributed by atoms with Crippen molar-refractivity contribution in [2.45, 2.75) is 401 Å². The van der Waals surface area contributed by atoms with Crippen LogP contribution in [0.2, 0.25) is 0 Å². The Bertz CT molecular complexity index is 2860. The Morgan fingerprint density at radius 2 is 0.430 bits per heavy atom. The second-order valence-corrected chi connectivity index (χ2v) is 35.6. The first kappa shape index (κ1) is 109.